The average molecular weight is 456 g/mol. The molecule has 0 saturated carbocycles. The fourth-order valence-corrected chi connectivity index (χ4v) is 4.24. The zero-order valence-electron chi connectivity index (χ0n) is 19.5. The fraction of sp³-hybridized carbons (Fsp3) is 0.435. The van der Waals surface area contributed by atoms with Crippen LogP contribution in [0.3, 0.4) is 0 Å². The Morgan fingerprint density at radius 3 is 2.39 bits per heavy atom. The fourth-order valence-electron chi connectivity index (χ4n) is 4.24. The monoisotopic (exact) mass is 456 g/mol. The van der Waals surface area contributed by atoms with Gasteiger partial charge >= 0.3 is 0 Å². The molecule has 10 nitrogen and oxygen atoms in total. The van der Waals surface area contributed by atoms with Gasteiger partial charge in [0.15, 0.2) is 11.5 Å². The van der Waals surface area contributed by atoms with E-state index in [2.05, 4.69) is 9.88 Å². The number of rotatable bonds is 6. The highest BCUT2D eigenvalue weighted by Gasteiger charge is 2.29. The summed E-state index contributed by atoms with van der Waals surface area (Å²) in [5.74, 6) is 2.00. The second-order valence-electron chi connectivity index (χ2n) is 7.94. The largest absolute Gasteiger partial charge is 0.493 e. The third-order valence-electron chi connectivity index (χ3n) is 6.00. The van der Waals surface area contributed by atoms with E-state index in [-0.39, 0.29) is 22.6 Å². The van der Waals surface area contributed by atoms with Gasteiger partial charge in [-0.1, -0.05) is 6.07 Å². The summed E-state index contributed by atoms with van der Waals surface area (Å²) in [4.78, 5) is 34.1. The van der Waals surface area contributed by atoms with Crippen molar-refractivity contribution in [3.63, 3.8) is 0 Å². The molecule has 0 aliphatic carbocycles. The van der Waals surface area contributed by atoms with Gasteiger partial charge in [-0.3, -0.25) is 14.5 Å². The number of ether oxygens (including phenoxy) is 3. The Morgan fingerprint density at radius 1 is 1.06 bits per heavy atom. The number of furan rings is 1. The predicted octanol–water partition coefficient (Wildman–Crippen LogP) is 1.82. The molecule has 0 bridgehead atoms. The number of hydrogen-bond donors (Lipinski definition) is 0. The first kappa shape index (κ1) is 22.7. The van der Waals surface area contributed by atoms with Gasteiger partial charge in [-0.2, -0.15) is 0 Å². The summed E-state index contributed by atoms with van der Waals surface area (Å²) in [5.41, 5.74) is 1.17. The number of benzene rings is 1. The molecule has 2 aromatic heterocycles. The van der Waals surface area contributed by atoms with Crippen molar-refractivity contribution in [2.75, 3.05) is 47.5 Å². The Kier molecular flexibility index (Phi) is 6.28. The summed E-state index contributed by atoms with van der Waals surface area (Å²) in [7, 11) is 6.38. The number of carbonyl (C=O) groups excluding carboxylic acids is 1. The summed E-state index contributed by atoms with van der Waals surface area (Å²) in [6.07, 6.45) is 1.39. The molecule has 3 aromatic rings. The molecule has 0 radical (unpaired) electrons. The minimum Gasteiger partial charge on any atom is -0.493 e. The van der Waals surface area contributed by atoms with E-state index in [1.165, 1.54) is 10.9 Å². The quantitative estimate of drug-likeness (QED) is 0.554. The average Bonchev–Trinajstić information content (AvgIpc) is 3.17. The maximum Gasteiger partial charge on any atom is 0.265 e. The number of aromatic nitrogens is 2. The number of amides is 1. The van der Waals surface area contributed by atoms with Gasteiger partial charge in [-0.05, 0) is 13.0 Å². The van der Waals surface area contributed by atoms with Gasteiger partial charge in [-0.15, -0.1) is 0 Å². The Labute approximate surface area is 191 Å². The molecule has 176 valence electrons. The molecule has 1 aromatic carbocycles. The van der Waals surface area contributed by atoms with Crippen molar-refractivity contribution in [2.24, 2.45) is 7.05 Å². The normalized spacial score (nSPS) is 14.5. The van der Waals surface area contributed by atoms with Crippen molar-refractivity contribution in [1.29, 1.82) is 0 Å². The van der Waals surface area contributed by atoms with E-state index in [1.807, 2.05) is 12.1 Å². The van der Waals surface area contributed by atoms with Crippen molar-refractivity contribution in [3.8, 4) is 17.2 Å². The summed E-state index contributed by atoms with van der Waals surface area (Å²) in [6, 6.07) is 3.82. The second-order valence-corrected chi connectivity index (χ2v) is 7.94. The van der Waals surface area contributed by atoms with Crippen LogP contribution in [0.2, 0.25) is 0 Å². The molecule has 0 spiro atoms. The molecule has 1 saturated heterocycles. The van der Waals surface area contributed by atoms with E-state index in [0.717, 1.165) is 5.56 Å². The number of aryl methyl sites for hydroxylation is 2. The minimum atomic E-state index is -0.292. The van der Waals surface area contributed by atoms with Gasteiger partial charge in [-0.25, -0.2) is 4.98 Å². The molecule has 1 fully saturated rings. The molecule has 10 heteroatoms. The van der Waals surface area contributed by atoms with Crippen LogP contribution < -0.4 is 19.8 Å². The predicted molar refractivity (Wildman–Crippen MR) is 121 cm³/mol. The Hall–Kier alpha value is -3.53. The topological polar surface area (TPSA) is 99.3 Å². The molecule has 0 unspecified atom stereocenters. The molecule has 1 amide bonds. The van der Waals surface area contributed by atoms with E-state index in [4.69, 9.17) is 18.6 Å². The maximum absolute atomic E-state index is 13.3. The van der Waals surface area contributed by atoms with E-state index in [1.54, 1.807) is 40.2 Å². The Morgan fingerprint density at radius 2 is 1.76 bits per heavy atom. The van der Waals surface area contributed by atoms with Crippen LogP contribution in [0, 0.1) is 6.92 Å². The standard InChI is InChI=1S/C23H28N4O6/c1-14-17(18-21(33-14)24-13-25(2)22(18)28)23(29)27-10-8-26(9-11-27)12-15-6-7-16(30-3)20(32-5)19(15)31-4/h6-7,13H,8-12H2,1-5H3. The summed E-state index contributed by atoms with van der Waals surface area (Å²) < 4.78 is 23.4. The second kappa shape index (κ2) is 9.14. The van der Waals surface area contributed by atoms with Crippen LogP contribution in [0.1, 0.15) is 21.7 Å². The Balaban J connectivity index is 1.50. The van der Waals surface area contributed by atoms with Gasteiger partial charge in [0.25, 0.3) is 11.5 Å². The van der Waals surface area contributed by atoms with Crippen LogP contribution in [0.25, 0.3) is 11.1 Å². The van der Waals surface area contributed by atoms with E-state index >= 15 is 0 Å². The number of hydrogen-bond acceptors (Lipinski definition) is 8. The van der Waals surface area contributed by atoms with Gasteiger partial charge < -0.3 is 28.1 Å². The number of carbonyl (C=O) groups is 1. The van der Waals surface area contributed by atoms with Crippen molar-refractivity contribution in [1.82, 2.24) is 19.4 Å². The van der Waals surface area contributed by atoms with Crippen molar-refractivity contribution in [3.05, 3.63) is 45.7 Å². The lowest BCUT2D eigenvalue weighted by Gasteiger charge is -2.35. The first-order valence-electron chi connectivity index (χ1n) is 10.6. The lowest BCUT2D eigenvalue weighted by atomic mass is 10.1. The van der Waals surface area contributed by atoms with Crippen LogP contribution in [-0.4, -0.2) is 72.8 Å². The molecule has 33 heavy (non-hydrogen) atoms. The summed E-state index contributed by atoms with van der Waals surface area (Å²) in [6.45, 7) is 4.74. The van der Waals surface area contributed by atoms with Crippen LogP contribution in [0.5, 0.6) is 17.2 Å². The van der Waals surface area contributed by atoms with Crippen LogP contribution in [0.4, 0.5) is 0 Å². The van der Waals surface area contributed by atoms with Crippen molar-refractivity contribution < 1.29 is 23.4 Å². The zero-order chi connectivity index (χ0) is 23.7. The Bertz CT molecular complexity index is 1240. The highest BCUT2D eigenvalue weighted by Crippen LogP contribution is 2.40. The highest BCUT2D eigenvalue weighted by atomic mass is 16.5. The molecule has 1 aliphatic rings. The van der Waals surface area contributed by atoms with E-state index < -0.39 is 0 Å². The third-order valence-corrected chi connectivity index (χ3v) is 6.00. The first-order valence-corrected chi connectivity index (χ1v) is 10.6. The summed E-state index contributed by atoms with van der Waals surface area (Å²) in [5, 5.41) is 0.236. The van der Waals surface area contributed by atoms with Gasteiger partial charge in [0.1, 0.15) is 17.5 Å². The van der Waals surface area contributed by atoms with E-state index in [0.29, 0.717) is 61.3 Å². The molecular formula is C23H28N4O6. The van der Waals surface area contributed by atoms with Crippen LogP contribution >= 0.6 is 0 Å². The highest BCUT2D eigenvalue weighted by molar-refractivity contribution is 6.06. The number of methoxy groups -OCH3 is 3. The number of nitrogens with zero attached hydrogens (tertiary/aromatic N) is 4. The molecular weight excluding hydrogens is 428 g/mol. The molecule has 3 heterocycles. The smallest absolute Gasteiger partial charge is 0.265 e. The summed E-state index contributed by atoms with van der Waals surface area (Å²) >= 11 is 0. The lowest BCUT2D eigenvalue weighted by Crippen LogP contribution is -2.48. The molecule has 4 rings (SSSR count). The molecule has 0 N–H and O–H groups in total. The first-order chi connectivity index (χ1) is 15.9. The number of fused-ring (bicyclic) bond motifs is 1. The van der Waals surface area contributed by atoms with Crippen LogP contribution in [-0.2, 0) is 13.6 Å². The number of piperazine rings is 1. The molecule has 1 aliphatic heterocycles. The minimum absolute atomic E-state index is 0.193. The lowest BCUT2D eigenvalue weighted by molar-refractivity contribution is 0.0627. The van der Waals surface area contributed by atoms with E-state index in [9.17, 15) is 9.59 Å². The zero-order valence-corrected chi connectivity index (χ0v) is 19.5. The SMILES string of the molecule is COc1ccc(CN2CCN(C(=O)c3c(C)oc4ncn(C)c(=O)c34)CC2)c(OC)c1OC. The maximum atomic E-state index is 13.3. The third kappa shape index (κ3) is 4.02. The van der Waals surface area contributed by atoms with Gasteiger partial charge in [0.2, 0.25) is 11.5 Å². The van der Waals surface area contributed by atoms with Crippen molar-refractivity contribution >= 4 is 17.0 Å². The molecule has 0 atom stereocenters. The van der Waals surface area contributed by atoms with Gasteiger partial charge in [0, 0.05) is 45.3 Å². The van der Waals surface area contributed by atoms with Gasteiger partial charge in [0.05, 0.1) is 26.9 Å². The van der Waals surface area contributed by atoms with Crippen molar-refractivity contribution in [2.45, 2.75) is 13.5 Å². The van der Waals surface area contributed by atoms with Crippen LogP contribution in [0.15, 0.2) is 27.7 Å².